The monoisotopic (exact) mass is 141 g/mol. The van der Waals surface area contributed by atoms with Crippen molar-refractivity contribution in [3.05, 3.63) is 11.8 Å². The second-order valence-electron chi connectivity index (χ2n) is 2.29. The lowest BCUT2D eigenvalue weighted by Gasteiger charge is -1.96. The predicted molar refractivity (Wildman–Crippen MR) is 42.7 cm³/mol. The lowest BCUT2D eigenvalue weighted by atomic mass is 10.2. The van der Waals surface area contributed by atoms with Gasteiger partial charge in [0.25, 0.3) is 0 Å². The smallest absolute Gasteiger partial charge is 0.157 e. The van der Waals surface area contributed by atoms with Crippen LogP contribution in [0, 0.1) is 0 Å². The van der Waals surface area contributed by atoms with E-state index >= 15 is 0 Å². The molecule has 0 unspecified atom stereocenters. The normalized spacial score (nSPS) is 11.3. The topological polar surface area (TPSA) is 29.1 Å². The van der Waals surface area contributed by atoms with Crippen LogP contribution in [-0.2, 0) is 4.79 Å². The summed E-state index contributed by atoms with van der Waals surface area (Å²) in [5.41, 5.74) is 0.929. The van der Waals surface area contributed by atoms with Gasteiger partial charge in [-0.25, -0.2) is 0 Å². The van der Waals surface area contributed by atoms with Crippen LogP contribution in [0.25, 0.3) is 0 Å². The van der Waals surface area contributed by atoms with Crippen LogP contribution in [0.15, 0.2) is 11.8 Å². The van der Waals surface area contributed by atoms with Gasteiger partial charge in [-0.15, -0.1) is 0 Å². The highest BCUT2D eigenvalue weighted by Crippen LogP contribution is 1.93. The molecule has 0 rings (SSSR count). The Morgan fingerprint density at radius 1 is 1.60 bits per heavy atom. The van der Waals surface area contributed by atoms with Crippen molar-refractivity contribution in [1.29, 1.82) is 0 Å². The summed E-state index contributed by atoms with van der Waals surface area (Å²) in [5.74, 6) is 0.203. The average molecular weight is 141 g/mol. The predicted octanol–water partition coefficient (Wildman–Crippen LogP) is 1.48. The molecule has 2 nitrogen and oxygen atoms in total. The molecule has 1 N–H and O–H groups in total. The Labute approximate surface area is 62.3 Å². The van der Waals surface area contributed by atoms with Gasteiger partial charge >= 0.3 is 0 Å². The maximum atomic E-state index is 10.9. The molecule has 0 saturated heterocycles. The number of rotatable bonds is 4. The molecule has 0 spiro atoms. The lowest BCUT2D eigenvalue weighted by Crippen LogP contribution is -2.04. The van der Waals surface area contributed by atoms with Gasteiger partial charge < -0.3 is 5.32 Å². The van der Waals surface area contributed by atoms with Crippen molar-refractivity contribution in [1.82, 2.24) is 5.32 Å². The van der Waals surface area contributed by atoms with E-state index in [0.29, 0.717) is 6.42 Å². The number of carbonyl (C=O) groups is 1. The van der Waals surface area contributed by atoms with Gasteiger partial charge in [0, 0.05) is 19.2 Å². The van der Waals surface area contributed by atoms with Gasteiger partial charge in [-0.3, -0.25) is 4.79 Å². The third kappa shape index (κ3) is 4.13. The Hall–Kier alpha value is -0.790. The van der Waals surface area contributed by atoms with Gasteiger partial charge in [0.05, 0.1) is 0 Å². The standard InChI is InChI=1S/C8H15NO/c1-4-5-8(10)6-7(2)9-3/h6,9H,4-5H2,1-3H3/b7-6+. The minimum absolute atomic E-state index is 0.203. The Morgan fingerprint density at radius 3 is 2.60 bits per heavy atom. The fourth-order valence-corrected chi connectivity index (χ4v) is 0.632. The fraction of sp³-hybridized carbons (Fsp3) is 0.625. The van der Waals surface area contributed by atoms with Crippen LogP contribution in [-0.4, -0.2) is 12.8 Å². The third-order valence-corrected chi connectivity index (χ3v) is 1.27. The van der Waals surface area contributed by atoms with Crippen LogP contribution in [0.2, 0.25) is 0 Å². The summed E-state index contributed by atoms with van der Waals surface area (Å²) in [4.78, 5) is 10.9. The highest BCUT2D eigenvalue weighted by molar-refractivity contribution is 5.90. The van der Waals surface area contributed by atoms with E-state index < -0.39 is 0 Å². The zero-order valence-electron chi connectivity index (χ0n) is 6.90. The molecule has 0 fully saturated rings. The van der Waals surface area contributed by atoms with E-state index in [9.17, 15) is 4.79 Å². The van der Waals surface area contributed by atoms with E-state index in [-0.39, 0.29) is 5.78 Å². The molecule has 0 aliphatic heterocycles. The summed E-state index contributed by atoms with van der Waals surface area (Å²) in [5, 5.41) is 2.89. The van der Waals surface area contributed by atoms with Gasteiger partial charge in [0.2, 0.25) is 0 Å². The molecule has 0 bridgehead atoms. The van der Waals surface area contributed by atoms with Crippen molar-refractivity contribution in [2.24, 2.45) is 0 Å². The van der Waals surface area contributed by atoms with Crippen LogP contribution in [0.1, 0.15) is 26.7 Å². The molecule has 0 radical (unpaired) electrons. The molecular weight excluding hydrogens is 126 g/mol. The van der Waals surface area contributed by atoms with Crippen LogP contribution in [0.3, 0.4) is 0 Å². The summed E-state index contributed by atoms with van der Waals surface area (Å²) in [6.45, 7) is 3.88. The third-order valence-electron chi connectivity index (χ3n) is 1.27. The van der Waals surface area contributed by atoms with Gasteiger partial charge in [-0.05, 0) is 19.4 Å². The van der Waals surface area contributed by atoms with Gasteiger partial charge in [-0.2, -0.15) is 0 Å². The van der Waals surface area contributed by atoms with Crippen LogP contribution < -0.4 is 5.32 Å². The molecule has 0 heterocycles. The number of ketones is 1. The second kappa shape index (κ2) is 5.03. The lowest BCUT2D eigenvalue weighted by molar-refractivity contribution is -0.114. The van der Waals surface area contributed by atoms with Crippen molar-refractivity contribution >= 4 is 5.78 Å². The summed E-state index contributed by atoms with van der Waals surface area (Å²) in [6.07, 6.45) is 3.22. The molecule has 10 heavy (non-hydrogen) atoms. The summed E-state index contributed by atoms with van der Waals surface area (Å²) >= 11 is 0. The van der Waals surface area contributed by atoms with Crippen LogP contribution >= 0.6 is 0 Å². The maximum absolute atomic E-state index is 10.9. The molecule has 0 aromatic carbocycles. The van der Waals surface area contributed by atoms with E-state index in [1.807, 2.05) is 20.9 Å². The first-order chi connectivity index (χ1) is 4.70. The maximum Gasteiger partial charge on any atom is 0.157 e. The molecule has 0 aliphatic rings. The highest BCUT2D eigenvalue weighted by atomic mass is 16.1. The van der Waals surface area contributed by atoms with E-state index in [2.05, 4.69) is 5.32 Å². The van der Waals surface area contributed by atoms with Crippen LogP contribution in [0.5, 0.6) is 0 Å². The van der Waals surface area contributed by atoms with Crippen LogP contribution in [0.4, 0.5) is 0 Å². The molecular formula is C8H15NO. The Kier molecular flexibility index (Phi) is 4.63. The Bertz CT molecular complexity index is 138. The minimum atomic E-state index is 0.203. The zero-order valence-corrected chi connectivity index (χ0v) is 6.90. The van der Waals surface area contributed by atoms with E-state index in [0.717, 1.165) is 12.1 Å². The van der Waals surface area contributed by atoms with E-state index in [1.54, 1.807) is 6.08 Å². The average Bonchev–Trinajstić information content (AvgIpc) is 1.88. The number of hydrogen-bond donors (Lipinski definition) is 1. The van der Waals surface area contributed by atoms with Gasteiger partial charge in [-0.1, -0.05) is 6.92 Å². The van der Waals surface area contributed by atoms with Crippen molar-refractivity contribution in [3.8, 4) is 0 Å². The second-order valence-corrected chi connectivity index (χ2v) is 2.29. The van der Waals surface area contributed by atoms with Gasteiger partial charge in [0.1, 0.15) is 0 Å². The van der Waals surface area contributed by atoms with Crippen molar-refractivity contribution < 1.29 is 4.79 Å². The largest absolute Gasteiger partial charge is 0.392 e. The Balaban J connectivity index is 3.75. The minimum Gasteiger partial charge on any atom is -0.392 e. The van der Waals surface area contributed by atoms with Gasteiger partial charge in [0.15, 0.2) is 5.78 Å². The molecule has 0 saturated carbocycles. The van der Waals surface area contributed by atoms with Crippen molar-refractivity contribution in [3.63, 3.8) is 0 Å². The first-order valence-electron chi connectivity index (χ1n) is 3.59. The molecule has 0 aliphatic carbocycles. The first-order valence-corrected chi connectivity index (χ1v) is 3.59. The van der Waals surface area contributed by atoms with E-state index in [1.165, 1.54) is 0 Å². The molecule has 0 aromatic rings. The summed E-state index contributed by atoms with van der Waals surface area (Å²) in [6, 6.07) is 0. The van der Waals surface area contributed by atoms with Crippen molar-refractivity contribution in [2.45, 2.75) is 26.7 Å². The Morgan fingerprint density at radius 2 is 2.20 bits per heavy atom. The molecule has 0 atom stereocenters. The van der Waals surface area contributed by atoms with E-state index in [4.69, 9.17) is 0 Å². The molecule has 0 amide bonds. The molecule has 2 heteroatoms. The molecule has 0 aromatic heterocycles. The zero-order chi connectivity index (χ0) is 7.98. The SMILES string of the molecule is CCCC(=O)/C=C(\C)NC. The summed E-state index contributed by atoms with van der Waals surface area (Å²) < 4.78 is 0. The number of nitrogens with one attached hydrogen (secondary N) is 1. The number of allylic oxidation sites excluding steroid dienone is 2. The highest BCUT2D eigenvalue weighted by Gasteiger charge is 1.93. The summed E-state index contributed by atoms with van der Waals surface area (Å²) in [7, 11) is 1.81. The fourth-order valence-electron chi connectivity index (χ4n) is 0.632. The molecule has 58 valence electrons. The number of carbonyl (C=O) groups excluding carboxylic acids is 1. The van der Waals surface area contributed by atoms with Crippen molar-refractivity contribution in [2.75, 3.05) is 7.05 Å². The number of hydrogen-bond acceptors (Lipinski definition) is 2. The first kappa shape index (κ1) is 9.21. The quantitative estimate of drug-likeness (QED) is 0.601.